The number of amides is 3. The van der Waals surface area contributed by atoms with Gasteiger partial charge in [0, 0.05) is 32.5 Å². The summed E-state index contributed by atoms with van der Waals surface area (Å²) in [7, 11) is 1.64. The van der Waals surface area contributed by atoms with Gasteiger partial charge in [-0.25, -0.2) is 4.79 Å². The molecule has 2 aliphatic heterocycles. The number of hydrogen-bond acceptors (Lipinski definition) is 5. The van der Waals surface area contributed by atoms with Crippen LogP contribution in [0.4, 0.5) is 5.69 Å². The van der Waals surface area contributed by atoms with Crippen LogP contribution in [0.1, 0.15) is 41.6 Å². The topological polar surface area (TPSA) is 87.2 Å². The summed E-state index contributed by atoms with van der Waals surface area (Å²) in [5.41, 5.74) is 0.246. The van der Waals surface area contributed by atoms with E-state index in [0.29, 0.717) is 17.8 Å². The molecule has 2 aromatic carbocycles. The van der Waals surface area contributed by atoms with Crippen molar-refractivity contribution in [3.63, 3.8) is 0 Å². The zero-order valence-electron chi connectivity index (χ0n) is 18.4. The van der Waals surface area contributed by atoms with E-state index < -0.39 is 18.2 Å². The standard InChI is InChI=1S/C25H25N3O5/c1-26(15-17-7-3-2-4-8-17)22(30)16-33-24(32)25-14-13-21(29)28(25)20-10-6-5-9-19(20)23(31)27(25)18-11-12-18/h2-10,18H,11-16H2,1H3. The Labute approximate surface area is 191 Å². The molecule has 170 valence electrons. The van der Waals surface area contributed by atoms with Crippen molar-refractivity contribution in [1.82, 2.24) is 9.80 Å². The number of para-hydroxylation sites is 1. The minimum atomic E-state index is -1.54. The van der Waals surface area contributed by atoms with E-state index in [4.69, 9.17) is 4.74 Å². The molecule has 0 spiro atoms. The van der Waals surface area contributed by atoms with E-state index in [1.54, 1.807) is 31.3 Å². The lowest BCUT2D eigenvalue weighted by Crippen LogP contribution is -2.69. The molecule has 0 radical (unpaired) electrons. The molecule has 0 aromatic heterocycles. The smallest absolute Gasteiger partial charge is 0.354 e. The lowest BCUT2D eigenvalue weighted by Gasteiger charge is -2.48. The van der Waals surface area contributed by atoms with Gasteiger partial charge in [-0.2, -0.15) is 0 Å². The third kappa shape index (κ3) is 3.46. The van der Waals surface area contributed by atoms with Crippen LogP contribution in [0.25, 0.3) is 0 Å². The molecule has 0 bridgehead atoms. The van der Waals surface area contributed by atoms with E-state index in [1.807, 2.05) is 30.3 Å². The summed E-state index contributed by atoms with van der Waals surface area (Å²) in [6, 6.07) is 16.2. The molecule has 1 unspecified atom stereocenters. The Balaban J connectivity index is 1.39. The van der Waals surface area contributed by atoms with Gasteiger partial charge in [0.2, 0.25) is 11.6 Å². The molecule has 2 aromatic rings. The number of esters is 1. The number of benzene rings is 2. The molecule has 1 saturated carbocycles. The number of carbonyl (C=O) groups excluding carboxylic acids is 4. The van der Waals surface area contributed by atoms with E-state index in [9.17, 15) is 19.2 Å². The number of nitrogens with zero attached hydrogens (tertiary/aromatic N) is 3. The molecule has 8 heteroatoms. The first-order valence-corrected chi connectivity index (χ1v) is 11.1. The highest BCUT2D eigenvalue weighted by molar-refractivity contribution is 6.15. The molecule has 2 heterocycles. The van der Waals surface area contributed by atoms with Crippen molar-refractivity contribution >= 4 is 29.4 Å². The monoisotopic (exact) mass is 447 g/mol. The van der Waals surface area contributed by atoms with Gasteiger partial charge in [0.05, 0.1) is 11.3 Å². The van der Waals surface area contributed by atoms with Gasteiger partial charge in [-0.3, -0.25) is 19.3 Å². The summed E-state index contributed by atoms with van der Waals surface area (Å²) < 4.78 is 5.51. The van der Waals surface area contributed by atoms with Gasteiger partial charge in [0.25, 0.3) is 11.8 Å². The summed E-state index contributed by atoms with van der Waals surface area (Å²) in [5, 5.41) is 0. The van der Waals surface area contributed by atoms with E-state index >= 15 is 0 Å². The van der Waals surface area contributed by atoms with Crippen LogP contribution in [-0.2, 0) is 25.7 Å². The summed E-state index contributed by atoms with van der Waals surface area (Å²) in [5.74, 6) is -1.60. The number of hydrogen-bond donors (Lipinski definition) is 0. The van der Waals surface area contributed by atoms with Crippen LogP contribution in [-0.4, -0.2) is 58.8 Å². The Kier molecular flexibility index (Phi) is 5.15. The number of anilines is 1. The first kappa shape index (κ1) is 21.2. The zero-order chi connectivity index (χ0) is 23.2. The lowest BCUT2D eigenvalue weighted by atomic mass is 9.96. The zero-order valence-corrected chi connectivity index (χ0v) is 18.4. The van der Waals surface area contributed by atoms with Crippen LogP contribution < -0.4 is 4.90 Å². The number of carbonyl (C=O) groups is 4. The molecule has 1 saturated heterocycles. The lowest BCUT2D eigenvalue weighted by molar-refractivity contribution is -0.162. The normalized spacial score (nSPS) is 21.5. The maximum atomic E-state index is 13.5. The van der Waals surface area contributed by atoms with Gasteiger partial charge in [-0.15, -0.1) is 0 Å². The SMILES string of the molecule is CN(Cc1ccccc1)C(=O)COC(=O)C12CCC(=O)N1c1ccccc1C(=O)N2C1CC1. The Morgan fingerprint density at radius 1 is 1.06 bits per heavy atom. The van der Waals surface area contributed by atoms with E-state index in [0.717, 1.165) is 18.4 Å². The van der Waals surface area contributed by atoms with Crippen LogP contribution in [0.15, 0.2) is 54.6 Å². The third-order valence-corrected chi connectivity index (χ3v) is 6.55. The highest BCUT2D eigenvalue weighted by Crippen LogP contribution is 2.49. The molecular weight excluding hydrogens is 422 g/mol. The largest absolute Gasteiger partial charge is 0.452 e. The third-order valence-electron chi connectivity index (χ3n) is 6.55. The Hall–Kier alpha value is -3.68. The molecule has 2 fully saturated rings. The number of likely N-dealkylation sites (N-methyl/N-ethyl adjacent to an activating group) is 1. The molecule has 3 aliphatic rings. The maximum absolute atomic E-state index is 13.5. The second-order valence-electron chi connectivity index (χ2n) is 8.78. The molecule has 1 aliphatic carbocycles. The second kappa shape index (κ2) is 8.03. The van der Waals surface area contributed by atoms with Gasteiger partial charge in [0.15, 0.2) is 6.61 Å². The number of ether oxygens (including phenoxy) is 1. The molecule has 0 N–H and O–H groups in total. The summed E-state index contributed by atoms with van der Waals surface area (Å²) in [4.78, 5) is 57.0. The van der Waals surface area contributed by atoms with Gasteiger partial charge in [0.1, 0.15) is 0 Å². The van der Waals surface area contributed by atoms with Crippen molar-refractivity contribution < 1.29 is 23.9 Å². The molecule has 5 rings (SSSR count). The fourth-order valence-electron chi connectivity index (χ4n) is 4.81. The Morgan fingerprint density at radius 2 is 1.76 bits per heavy atom. The predicted molar refractivity (Wildman–Crippen MR) is 119 cm³/mol. The van der Waals surface area contributed by atoms with Crippen LogP contribution >= 0.6 is 0 Å². The maximum Gasteiger partial charge on any atom is 0.354 e. The molecule has 1 atom stereocenters. The summed E-state index contributed by atoms with van der Waals surface area (Å²) >= 11 is 0. The van der Waals surface area contributed by atoms with Crippen molar-refractivity contribution in [3.05, 3.63) is 65.7 Å². The van der Waals surface area contributed by atoms with Crippen molar-refractivity contribution in [3.8, 4) is 0 Å². The van der Waals surface area contributed by atoms with E-state index in [1.165, 1.54) is 14.7 Å². The summed E-state index contributed by atoms with van der Waals surface area (Å²) in [6.45, 7) is -0.0761. The van der Waals surface area contributed by atoms with Crippen molar-refractivity contribution in [2.45, 2.75) is 43.9 Å². The quantitative estimate of drug-likeness (QED) is 0.635. The van der Waals surface area contributed by atoms with Crippen LogP contribution in [0.3, 0.4) is 0 Å². The predicted octanol–water partition coefficient (Wildman–Crippen LogP) is 2.33. The molecule has 3 amide bonds. The van der Waals surface area contributed by atoms with Gasteiger partial charge < -0.3 is 14.5 Å². The van der Waals surface area contributed by atoms with Crippen molar-refractivity contribution in [2.75, 3.05) is 18.6 Å². The second-order valence-corrected chi connectivity index (χ2v) is 8.78. The van der Waals surface area contributed by atoms with Crippen LogP contribution in [0, 0.1) is 0 Å². The minimum absolute atomic E-state index is 0.122. The van der Waals surface area contributed by atoms with Crippen LogP contribution in [0.5, 0.6) is 0 Å². The highest BCUT2D eigenvalue weighted by atomic mass is 16.5. The average Bonchev–Trinajstić information content (AvgIpc) is 3.60. The Morgan fingerprint density at radius 3 is 2.48 bits per heavy atom. The number of fused-ring (bicyclic) bond motifs is 3. The van der Waals surface area contributed by atoms with Gasteiger partial charge >= 0.3 is 5.97 Å². The average molecular weight is 447 g/mol. The molecular formula is C25H25N3O5. The minimum Gasteiger partial charge on any atom is -0.452 e. The van der Waals surface area contributed by atoms with Gasteiger partial charge in [-0.05, 0) is 30.5 Å². The first-order valence-electron chi connectivity index (χ1n) is 11.1. The van der Waals surface area contributed by atoms with Crippen LogP contribution in [0.2, 0.25) is 0 Å². The first-order chi connectivity index (χ1) is 15.9. The van der Waals surface area contributed by atoms with Crippen molar-refractivity contribution in [1.29, 1.82) is 0 Å². The van der Waals surface area contributed by atoms with Gasteiger partial charge in [-0.1, -0.05) is 42.5 Å². The molecule has 8 nitrogen and oxygen atoms in total. The highest BCUT2D eigenvalue weighted by Gasteiger charge is 2.64. The van der Waals surface area contributed by atoms with Crippen molar-refractivity contribution in [2.24, 2.45) is 0 Å². The summed E-state index contributed by atoms with van der Waals surface area (Å²) in [6.07, 6.45) is 1.81. The Bertz CT molecular complexity index is 1130. The van der Waals surface area contributed by atoms with E-state index in [2.05, 4.69) is 0 Å². The molecule has 33 heavy (non-hydrogen) atoms. The van der Waals surface area contributed by atoms with E-state index in [-0.39, 0.29) is 36.6 Å². The fourth-order valence-corrected chi connectivity index (χ4v) is 4.81. The number of rotatable bonds is 6. The fraction of sp³-hybridized carbons (Fsp3) is 0.360.